The summed E-state index contributed by atoms with van der Waals surface area (Å²) in [4.78, 5) is 0. The standard InChI is InChI=1S/C15H16N4O2/c16-8-4-1-5-9-21-14-10-12(18-19-15(14)17)11-6-2-3-7-13(11)20/h2-3,6-7,10,20H,1,4-5,9H2,(H2,17,19). The molecule has 0 radical (unpaired) electrons. The molecule has 6 heteroatoms. The number of hydrogen-bond donors (Lipinski definition) is 2. The van der Waals surface area contributed by atoms with Gasteiger partial charge < -0.3 is 15.6 Å². The van der Waals surface area contributed by atoms with Crippen LogP contribution in [0.4, 0.5) is 5.82 Å². The van der Waals surface area contributed by atoms with Crippen molar-refractivity contribution in [3.05, 3.63) is 30.3 Å². The topological polar surface area (TPSA) is 105 Å². The van der Waals surface area contributed by atoms with Crippen LogP contribution < -0.4 is 10.5 Å². The Balaban J connectivity index is 2.11. The Kier molecular flexibility index (Phi) is 4.94. The molecule has 0 saturated heterocycles. The predicted molar refractivity (Wildman–Crippen MR) is 78.5 cm³/mol. The summed E-state index contributed by atoms with van der Waals surface area (Å²) in [6.07, 6.45) is 2.05. The molecule has 1 heterocycles. The number of ether oxygens (including phenoxy) is 1. The first-order valence-corrected chi connectivity index (χ1v) is 6.63. The van der Waals surface area contributed by atoms with E-state index in [1.807, 2.05) is 0 Å². The molecule has 1 aromatic heterocycles. The smallest absolute Gasteiger partial charge is 0.188 e. The van der Waals surface area contributed by atoms with Crippen LogP contribution >= 0.6 is 0 Å². The number of nitriles is 1. The van der Waals surface area contributed by atoms with Gasteiger partial charge in [-0.2, -0.15) is 5.26 Å². The van der Waals surface area contributed by atoms with E-state index in [1.54, 1.807) is 30.3 Å². The summed E-state index contributed by atoms with van der Waals surface area (Å²) in [5.41, 5.74) is 6.80. The average Bonchev–Trinajstić information content (AvgIpc) is 2.49. The van der Waals surface area contributed by atoms with Crippen LogP contribution in [0.25, 0.3) is 11.3 Å². The van der Waals surface area contributed by atoms with Crippen molar-refractivity contribution in [1.82, 2.24) is 10.2 Å². The Labute approximate surface area is 122 Å². The van der Waals surface area contributed by atoms with E-state index >= 15 is 0 Å². The van der Waals surface area contributed by atoms with Crippen LogP contribution in [-0.2, 0) is 0 Å². The van der Waals surface area contributed by atoms with Crippen molar-refractivity contribution in [3.63, 3.8) is 0 Å². The molecule has 0 aliphatic carbocycles. The van der Waals surface area contributed by atoms with E-state index in [4.69, 9.17) is 15.7 Å². The second-order valence-corrected chi connectivity index (χ2v) is 4.46. The molecule has 0 saturated carbocycles. The van der Waals surface area contributed by atoms with Gasteiger partial charge >= 0.3 is 0 Å². The van der Waals surface area contributed by atoms with Crippen molar-refractivity contribution in [3.8, 4) is 28.8 Å². The first kappa shape index (κ1) is 14.6. The van der Waals surface area contributed by atoms with Gasteiger partial charge in [-0.15, -0.1) is 10.2 Å². The van der Waals surface area contributed by atoms with Crippen LogP contribution in [0.15, 0.2) is 30.3 Å². The van der Waals surface area contributed by atoms with Gasteiger partial charge in [0.05, 0.1) is 12.7 Å². The maximum Gasteiger partial charge on any atom is 0.188 e. The highest BCUT2D eigenvalue weighted by atomic mass is 16.5. The zero-order chi connectivity index (χ0) is 15.1. The summed E-state index contributed by atoms with van der Waals surface area (Å²) in [5, 5.41) is 26.1. The molecule has 2 aromatic rings. The van der Waals surface area contributed by atoms with E-state index in [-0.39, 0.29) is 11.6 Å². The number of nitrogen functional groups attached to an aromatic ring is 1. The Morgan fingerprint density at radius 2 is 2.05 bits per heavy atom. The zero-order valence-electron chi connectivity index (χ0n) is 11.5. The minimum absolute atomic E-state index is 0.122. The second kappa shape index (κ2) is 7.10. The summed E-state index contributed by atoms with van der Waals surface area (Å²) < 4.78 is 5.57. The van der Waals surface area contributed by atoms with E-state index in [0.29, 0.717) is 30.0 Å². The van der Waals surface area contributed by atoms with E-state index in [2.05, 4.69) is 16.3 Å². The third-order valence-corrected chi connectivity index (χ3v) is 2.91. The fourth-order valence-electron chi connectivity index (χ4n) is 1.81. The van der Waals surface area contributed by atoms with Gasteiger partial charge in [0, 0.05) is 18.1 Å². The number of nitrogens with two attached hydrogens (primary N) is 1. The van der Waals surface area contributed by atoms with E-state index in [9.17, 15) is 5.11 Å². The normalized spacial score (nSPS) is 10.0. The molecular formula is C15H16N4O2. The van der Waals surface area contributed by atoms with Crippen molar-refractivity contribution in [2.24, 2.45) is 0 Å². The van der Waals surface area contributed by atoms with Crippen molar-refractivity contribution in [2.45, 2.75) is 19.3 Å². The number of phenolic OH excluding ortho intramolecular Hbond substituents is 1. The zero-order valence-corrected chi connectivity index (χ0v) is 11.5. The van der Waals surface area contributed by atoms with E-state index < -0.39 is 0 Å². The Morgan fingerprint density at radius 1 is 1.24 bits per heavy atom. The Morgan fingerprint density at radius 3 is 2.81 bits per heavy atom. The molecule has 0 amide bonds. The predicted octanol–water partition coefficient (Wildman–Crippen LogP) is 2.50. The number of rotatable bonds is 6. The highest BCUT2D eigenvalue weighted by molar-refractivity contribution is 5.68. The first-order valence-electron chi connectivity index (χ1n) is 6.63. The number of anilines is 1. The summed E-state index contributed by atoms with van der Waals surface area (Å²) in [6.45, 7) is 0.456. The maximum atomic E-state index is 9.83. The molecule has 0 unspecified atom stereocenters. The minimum Gasteiger partial charge on any atom is -0.507 e. The van der Waals surface area contributed by atoms with Crippen LogP contribution in [0.3, 0.4) is 0 Å². The molecular weight excluding hydrogens is 268 g/mol. The number of hydrogen-bond acceptors (Lipinski definition) is 6. The van der Waals surface area contributed by atoms with Crippen molar-refractivity contribution < 1.29 is 9.84 Å². The van der Waals surface area contributed by atoms with Gasteiger partial charge in [-0.1, -0.05) is 12.1 Å². The maximum absolute atomic E-state index is 9.83. The molecule has 0 atom stereocenters. The number of benzene rings is 1. The lowest BCUT2D eigenvalue weighted by Gasteiger charge is -2.09. The summed E-state index contributed by atoms with van der Waals surface area (Å²) in [5.74, 6) is 0.756. The molecule has 21 heavy (non-hydrogen) atoms. The Bertz CT molecular complexity index is 652. The van der Waals surface area contributed by atoms with Gasteiger partial charge in [0.15, 0.2) is 11.6 Å². The molecule has 108 valence electrons. The minimum atomic E-state index is 0.122. The molecule has 0 spiro atoms. The van der Waals surface area contributed by atoms with Gasteiger partial charge in [0.1, 0.15) is 11.4 Å². The SMILES string of the molecule is N#CCCCCOc1cc(-c2ccccc2O)nnc1N. The largest absolute Gasteiger partial charge is 0.507 e. The fourth-order valence-corrected chi connectivity index (χ4v) is 1.81. The molecule has 0 aliphatic heterocycles. The third kappa shape index (κ3) is 3.83. The van der Waals surface area contributed by atoms with Crippen molar-refractivity contribution in [1.29, 1.82) is 5.26 Å². The number of para-hydroxylation sites is 1. The van der Waals surface area contributed by atoms with Gasteiger partial charge in [0.25, 0.3) is 0 Å². The Hall–Kier alpha value is -2.81. The number of unbranched alkanes of at least 4 members (excludes halogenated alkanes) is 2. The van der Waals surface area contributed by atoms with Crippen LogP contribution in [-0.4, -0.2) is 21.9 Å². The van der Waals surface area contributed by atoms with Gasteiger partial charge in [-0.25, -0.2) is 0 Å². The molecule has 3 N–H and O–H groups in total. The highest BCUT2D eigenvalue weighted by Crippen LogP contribution is 2.30. The number of aromatic hydroxyl groups is 1. The lowest BCUT2D eigenvalue weighted by atomic mass is 10.1. The van der Waals surface area contributed by atoms with Crippen molar-refractivity contribution >= 4 is 5.82 Å². The molecule has 0 aliphatic rings. The fraction of sp³-hybridized carbons (Fsp3) is 0.267. The number of phenols is 1. The summed E-state index contributed by atoms with van der Waals surface area (Å²) in [6, 6.07) is 10.6. The van der Waals surface area contributed by atoms with E-state index in [0.717, 1.165) is 12.8 Å². The monoisotopic (exact) mass is 284 g/mol. The van der Waals surface area contributed by atoms with Crippen LogP contribution in [0.2, 0.25) is 0 Å². The summed E-state index contributed by atoms with van der Waals surface area (Å²) in [7, 11) is 0. The van der Waals surface area contributed by atoms with Gasteiger partial charge in [-0.3, -0.25) is 0 Å². The summed E-state index contributed by atoms with van der Waals surface area (Å²) >= 11 is 0. The molecule has 0 bridgehead atoms. The average molecular weight is 284 g/mol. The van der Waals surface area contributed by atoms with Crippen LogP contribution in [0, 0.1) is 11.3 Å². The highest BCUT2D eigenvalue weighted by Gasteiger charge is 2.10. The lowest BCUT2D eigenvalue weighted by molar-refractivity contribution is 0.308. The van der Waals surface area contributed by atoms with Crippen molar-refractivity contribution in [2.75, 3.05) is 12.3 Å². The molecule has 1 aromatic carbocycles. The molecule has 6 nitrogen and oxygen atoms in total. The van der Waals surface area contributed by atoms with E-state index in [1.165, 1.54) is 0 Å². The number of aromatic nitrogens is 2. The lowest BCUT2D eigenvalue weighted by Crippen LogP contribution is -2.04. The number of nitrogens with zero attached hydrogens (tertiary/aromatic N) is 3. The first-order chi connectivity index (χ1) is 10.2. The quantitative estimate of drug-likeness (QED) is 0.789. The second-order valence-electron chi connectivity index (χ2n) is 4.46. The van der Waals surface area contributed by atoms with Crippen LogP contribution in [0.5, 0.6) is 11.5 Å². The third-order valence-electron chi connectivity index (χ3n) is 2.91. The van der Waals surface area contributed by atoms with Crippen LogP contribution in [0.1, 0.15) is 19.3 Å². The molecule has 2 rings (SSSR count). The molecule has 0 fully saturated rings. The van der Waals surface area contributed by atoms with Gasteiger partial charge in [0.2, 0.25) is 0 Å². The van der Waals surface area contributed by atoms with Gasteiger partial charge in [-0.05, 0) is 25.0 Å².